The van der Waals surface area contributed by atoms with E-state index in [9.17, 15) is 24.3 Å². The molecular weight excluding hydrogens is 460 g/mol. The molecule has 2 atom stereocenters. The highest BCUT2D eigenvalue weighted by atomic mass is 32.1. The van der Waals surface area contributed by atoms with Gasteiger partial charge in [-0.1, -0.05) is 44.2 Å². The number of urea groups is 1. The minimum Gasteiger partial charge on any atom is -0.508 e. The number of phenols is 1. The van der Waals surface area contributed by atoms with E-state index in [2.05, 4.69) is 15.6 Å². The van der Waals surface area contributed by atoms with Gasteiger partial charge in [-0.25, -0.2) is 19.5 Å². The molecule has 10 nitrogen and oxygen atoms in total. The van der Waals surface area contributed by atoms with Crippen LogP contribution in [0.4, 0.5) is 9.93 Å². The highest BCUT2D eigenvalue weighted by Gasteiger charge is 2.45. The Morgan fingerprint density at radius 1 is 1.18 bits per heavy atom. The predicted octanol–water partition coefficient (Wildman–Crippen LogP) is 2.99. The van der Waals surface area contributed by atoms with Crippen LogP contribution in [0, 0.1) is 5.92 Å². The molecule has 4 rings (SSSR count). The van der Waals surface area contributed by atoms with Crippen molar-refractivity contribution < 1.29 is 29.4 Å². The molecule has 4 amide bonds. The van der Waals surface area contributed by atoms with Crippen molar-refractivity contribution in [3.8, 4) is 5.75 Å². The van der Waals surface area contributed by atoms with Gasteiger partial charge >= 0.3 is 12.0 Å². The SMILES string of the molecule is O=C(O)c1csc(NC(=O)[C@H](CC2CCCCC2)N2C(=O)N[C@@H](Cc3ccc(O)cc3)C2=O)n1. The van der Waals surface area contributed by atoms with Crippen LogP contribution in [0.1, 0.15) is 54.6 Å². The average molecular weight is 487 g/mol. The van der Waals surface area contributed by atoms with E-state index in [0.29, 0.717) is 6.42 Å². The van der Waals surface area contributed by atoms with Crippen LogP contribution in [0.25, 0.3) is 0 Å². The zero-order valence-corrected chi connectivity index (χ0v) is 19.2. The standard InChI is InChI=1S/C23H26N4O6S/c28-15-8-6-14(7-9-15)10-16-20(30)27(23(33)25-16)18(11-13-4-2-1-3-5-13)19(29)26-22-24-17(12-34-22)21(31)32/h6-9,12-13,16,18,28H,1-5,10-11H2,(H,25,33)(H,31,32)(H,24,26,29)/t16-,18-/m0/s1. The predicted molar refractivity (Wildman–Crippen MR) is 124 cm³/mol. The van der Waals surface area contributed by atoms with Crippen LogP contribution in [0.3, 0.4) is 0 Å². The Morgan fingerprint density at radius 3 is 2.53 bits per heavy atom. The van der Waals surface area contributed by atoms with Crippen molar-refractivity contribution in [3.63, 3.8) is 0 Å². The van der Waals surface area contributed by atoms with Gasteiger partial charge < -0.3 is 20.8 Å². The van der Waals surface area contributed by atoms with E-state index in [-0.39, 0.29) is 28.9 Å². The first kappa shape index (κ1) is 23.7. The number of imide groups is 1. The van der Waals surface area contributed by atoms with E-state index in [1.165, 1.54) is 17.5 Å². The first-order chi connectivity index (χ1) is 16.3. The van der Waals surface area contributed by atoms with Crippen LogP contribution in [-0.2, 0) is 16.0 Å². The van der Waals surface area contributed by atoms with Crippen molar-refractivity contribution in [2.24, 2.45) is 5.92 Å². The largest absolute Gasteiger partial charge is 0.508 e. The van der Waals surface area contributed by atoms with Crippen molar-refractivity contribution in [2.75, 3.05) is 5.32 Å². The lowest BCUT2D eigenvalue weighted by atomic mass is 9.84. The van der Waals surface area contributed by atoms with Gasteiger partial charge in [0, 0.05) is 11.8 Å². The van der Waals surface area contributed by atoms with E-state index in [4.69, 9.17) is 5.11 Å². The zero-order valence-electron chi connectivity index (χ0n) is 18.4. The molecule has 180 valence electrons. The second kappa shape index (κ2) is 10.2. The van der Waals surface area contributed by atoms with Crippen molar-refractivity contribution >= 4 is 40.3 Å². The fourth-order valence-corrected chi connectivity index (χ4v) is 5.22. The van der Waals surface area contributed by atoms with Crippen molar-refractivity contribution in [3.05, 3.63) is 40.9 Å². The molecule has 1 aromatic carbocycles. The maximum atomic E-state index is 13.3. The molecule has 0 unspecified atom stereocenters. The van der Waals surface area contributed by atoms with E-state index in [0.717, 1.165) is 53.9 Å². The third kappa shape index (κ3) is 5.36. The van der Waals surface area contributed by atoms with E-state index >= 15 is 0 Å². The second-order valence-corrected chi connectivity index (χ2v) is 9.53. The number of carbonyl (C=O) groups is 4. The van der Waals surface area contributed by atoms with Gasteiger partial charge in [0.2, 0.25) is 5.91 Å². The van der Waals surface area contributed by atoms with Gasteiger partial charge in [0.05, 0.1) is 0 Å². The Bertz CT molecular complexity index is 1080. The van der Waals surface area contributed by atoms with Gasteiger partial charge in [0.15, 0.2) is 10.8 Å². The Labute approximate surface area is 200 Å². The number of thiazole rings is 1. The molecule has 2 aliphatic rings. The quantitative estimate of drug-likeness (QED) is 0.419. The van der Waals surface area contributed by atoms with E-state index in [1.807, 2.05) is 0 Å². The molecule has 1 saturated heterocycles. The molecule has 4 N–H and O–H groups in total. The Kier molecular flexibility index (Phi) is 7.11. The molecule has 11 heteroatoms. The lowest BCUT2D eigenvalue weighted by Gasteiger charge is -2.30. The summed E-state index contributed by atoms with van der Waals surface area (Å²) in [6, 6.07) is 3.88. The second-order valence-electron chi connectivity index (χ2n) is 8.67. The summed E-state index contributed by atoms with van der Waals surface area (Å²) in [6.45, 7) is 0. The molecule has 1 saturated carbocycles. The number of rotatable bonds is 8. The summed E-state index contributed by atoms with van der Waals surface area (Å²) < 4.78 is 0. The van der Waals surface area contributed by atoms with Gasteiger partial charge in [0.1, 0.15) is 17.8 Å². The van der Waals surface area contributed by atoms with Crippen LogP contribution in [0.15, 0.2) is 29.6 Å². The summed E-state index contributed by atoms with van der Waals surface area (Å²) in [4.78, 5) is 55.3. The van der Waals surface area contributed by atoms with E-state index < -0.39 is 35.9 Å². The van der Waals surface area contributed by atoms with Crippen molar-refractivity contribution in [2.45, 2.75) is 57.0 Å². The van der Waals surface area contributed by atoms with Gasteiger partial charge in [-0.05, 0) is 30.0 Å². The number of amides is 4. The Balaban J connectivity index is 1.53. The number of benzene rings is 1. The summed E-state index contributed by atoms with van der Waals surface area (Å²) in [5, 5.41) is 25.2. The topological polar surface area (TPSA) is 149 Å². The number of aromatic carboxylic acids is 1. The number of carbonyl (C=O) groups excluding carboxylic acids is 3. The number of carboxylic acids is 1. The number of phenolic OH excluding ortho intramolecular Hbond substituents is 1. The Morgan fingerprint density at radius 2 is 1.88 bits per heavy atom. The molecule has 34 heavy (non-hydrogen) atoms. The van der Waals surface area contributed by atoms with Crippen LogP contribution in [0.5, 0.6) is 5.75 Å². The number of anilines is 1. The summed E-state index contributed by atoms with van der Waals surface area (Å²) in [5.74, 6) is -1.96. The molecule has 2 aromatic rings. The van der Waals surface area contributed by atoms with Crippen molar-refractivity contribution in [1.82, 2.24) is 15.2 Å². The number of aromatic hydroxyl groups is 1. The maximum Gasteiger partial charge on any atom is 0.355 e. The molecule has 1 aliphatic carbocycles. The highest BCUT2D eigenvalue weighted by Crippen LogP contribution is 2.30. The molecule has 0 radical (unpaired) electrons. The van der Waals surface area contributed by atoms with Crippen LogP contribution in [0.2, 0.25) is 0 Å². The molecule has 2 heterocycles. The third-order valence-electron chi connectivity index (χ3n) is 6.28. The first-order valence-corrected chi connectivity index (χ1v) is 12.1. The Hall–Kier alpha value is -3.47. The van der Waals surface area contributed by atoms with Crippen LogP contribution in [-0.4, -0.2) is 56.0 Å². The van der Waals surface area contributed by atoms with Gasteiger partial charge in [-0.15, -0.1) is 11.3 Å². The fourth-order valence-electron chi connectivity index (χ4n) is 4.54. The van der Waals surface area contributed by atoms with E-state index in [1.54, 1.807) is 12.1 Å². The smallest absolute Gasteiger partial charge is 0.355 e. The van der Waals surface area contributed by atoms with Crippen LogP contribution < -0.4 is 10.6 Å². The number of hydrogen-bond donors (Lipinski definition) is 4. The normalized spacial score (nSPS) is 19.6. The molecular formula is C23H26N4O6S. The number of nitrogens with zero attached hydrogens (tertiary/aromatic N) is 2. The minimum absolute atomic E-state index is 0.101. The minimum atomic E-state index is -1.21. The third-order valence-corrected chi connectivity index (χ3v) is 7.04. The molecule has 0 bridgehead atoms. The van der Waals surface area contributed by atoms with Crippen molar-refractivity contribution in [1.29, 1.82) is 0 Å². The number of aromatic nitrogens is 1. The summed E-state index contributed by atoms with van der Waals surface area (Å²) in [5.41, 5.74) is 0.573. The summed E-state index contributed by atoms with van der Waals surface area (Å²) >= 11 is 0.969. The molecule has 2 fully saturated rings. The maximum absolute atomic E-state index is 13.3. The number of carboxylic acid groups (broad SMARTS) is 1. The monoisotopic (exact) mass is 486 g/mol. The molecule has 1 aliphatic heterocycles. The fraction of sp³-hybridized carbons (Fsp3) is 0.435. The van der Waals surface area contributed by atoms with Gasteiger partial charge in [-0.2, -0.15) is 0 Å². The summed E-state index contributed by atoms with van der Waals surface area (Å²) in [6.07, 6.45) is 5.62. The lowest BCUT2D eigenvalue weighted by molar-refractivity contribution is -0.134. The van der Waals surface area contributed by atoms with Crippen LogP contribution >= 0.6 is 11.3 Å². The lowest BCUT2D eigenvalue weighted by Crippen LogP contribution is -2.49. The first-order valence-electron chi connectivity index (χ1n) is 11.2. The molecule has 0 spiro atoms. The average Bonchev–Trinajstić information content (AvgIpc) is 3.39. The molecule has 1 aromatic heterocycles. The van der Waals surface area contributed by atoms with Gasteiger partial charge in [0.25, 0.3) is 5.91 Å². The zero-order chi connectivity index (χ0) is 24.2. The summed E-state index contributed by atoms with van der Waals surface area (Å²) in [7, 11) is 0. The number of nitrogens with one attached hydrogen (secondary N) is 2. The highest BCUT2D eigenvalue weighted by molar-refractivity contribution is 7.14. The number of hydrogen-bond acceptors (Lipinski definition) is 7. The van der Waals surface area contributed by atoms with Gasteiger partial charge in [-0.3, -0.25) is 9.59 Å².